The van der Waals surface area contributed by atoms with Crippen LogP contribution >= 0.6 is 0 Å². The molecule has 0 saturated heterocycles. The van der Waals surface area contributed by atoms with E-state index in [4.69, 9.17) is 4.74 Å². The zero-order chi connectivity index (χ0) is 17.3. The van der Waals surface area contributed by atoms with Gasteiger partial charge in [-0.05, 0) is 31.2 Å². The van der Waals surface area contributed by atoms with E-state index in [1.165, 1.54) is 5.56 Å². The summed E-state index contributed by atoms with van der Waals surface area (Å²) in [6.07, 6.45) is 5.58. The van der Waals surface area contributed by atoms with Crippen LogP contribution in [0.2, 0.25) is 0 Å². The highest BCUT2D eigenvalue weighted by Crippen LogP contribution is 2.28. The van der Waals surface area contributed by atoms with Crippen LogP contribution in [0.25, 0.3) is 0 Å². The van der Waals surface area contributed by atoms with Gasteiger partial charge in [0, 0.05) is 13.0 Å². The van der Waals surface area contributed by atoms with Gasteiger partial charge in [-0.2, -0.15) is 0 Å². The molecule has 1 aromatic rings. The second-order valence-electron chi connectivity index (χ2n) is 6.45. The summed E-state index contributed by atoms with van der Waals surface area (Å²) in [7, 11) is 0. The fraction of sp³-hybridized carbons (Fsp3) is 0.579. The summed E-state index contributed by atoms with van der Waals surface area (Å²) < 4.78 is 5.55. The number of ether oxygens (including phenoxy) is 1. The maximum Gasteiger partial charge on any atom is 0.329 e. The van der Waals surface area contributed by atoms with E-state index in [0.717, 1.165) is 25.7 Å². The van der Waals surface area contributed by atoms with Gasteiger partial charge in [-0.25, -0.2) is 4.79 Å². The van der Waals surface area contributed by atoms with Crippen molar-refractivity contribution in [2.24, 2.45) is 0 Å². The molecule has 1 fully saturated rings. The van der Waals surface area contributed by atoms with Gasteiger partial charge in [0.25, 0.3) is 0 Å². The average molecular weight is 333 g/mol. The predicted molar refractivity (Wildman–Crippen MR) is 91.8 cm³/mol. The SMILES string of the molecule is O=C(CCCOCCc1ccccc1)NC1(C(=O)O)CCCCC1. The minimum Gasteiger partial charge on any atom is -0.480 e. The van der Waals surface area contributed by atoms with Gasteiger partial charge in [0.1, 0.15) is 5.54 Å². The molecule has 0 heterocycles. The van der Waals surface area contributed by atoms with E-state index >= 15 is 0 Å². The van der Waals surface area contributed by atoms with Gasteiger partial charge in [0.15, 0.2) is 0 Å². The number of benzene rings is 1. The van der Waals surface area contributed by atoms with Crippen LogP contribution in [0.15, 0.2) is 30.3 Å². The van der Waals surface area contributed by atoms with Crippen molar-refractivity contribution in [2.75, 3.05) is 13.2 Å². The summed E-state index contributed by atoms with van der Waals surface area (Å²) in [6.45, 7) is 1.14. The van der Waals surface area contributed by atoms with Crippen molar-refractivity contribution < 1.29 is 19.4 Å². The molecule has 0 atom stereocenters. The molecule has 5 nitrogen and oxygen atoms in total. The normalized spacial score (nSPS) is 16.5. The molecule has 2 N–H and O–H groups in total. The fourth-order valence-corrected chi connectivity index (χ4v) is 3.15. The molecule has 0 bridgehead atoms. The lowest BCUT2D eigenvalue weighted by Crippen LogP contribution is -2.55. The van der Waals surface area contributed by atoms with Crippen molar-refractivity contribution in [2.45, 2.75) is 56.9 Å². The van der Waals surface area contributed by atoms with Crippen LogP contribution in [-0.4, -0.2) is 35.7 Å². The van der Waals surface area contributed by atoms with Gasteiger partial charge in [0.2, 0.25) is 5.91 Å². The van der Waals surface area contributed by atoms with Crippen LogP contribution in [0.1, 0.15) is 50.5 Å². The summed E-state index contributed by atoms with van der Waals surface area (Å²) >= 11 is 0. The minimum absolute atomic E-state index is 0.189. The molecule has 1 aliphatic rings. The van der Waals surface area contributed by atoms with Crippen LogP contribution in [0.5, 0.6) is 0 Å². The Morgan fingerprint density at radius 2 is 1.79 bits per heavy atom. The Bertz CT molecular complexity index is 523. The Kier molecular flexibility index (Phi) is 7.25. The molecule has 5 heteroatoms. The van der Waals surface area contributed by atoms with E-state index in [1.807, 2.05) is 18.2 Å². The Morgan fingerprint density at radius 1 is 1.08 bits per heavy atom. The van der Waals surface area contributed by atoms with Gasteiger partial charge in [-0.1, -0.05) is 49.6 Å². The zero-order valence-electron chi connectivity index (χ0n) is 14.1. The highest BCUT2D eigenvalue weighted by atomic mass is 16.5. The first-order chi connectivity index (χ1) is 11.6. The molecule has 0 aliphatic heterocycles. The van der Waals surface area contributed by atoms with Gasteiger partial charge in [0.05, 0.1) is 6.61 Å². The molecule has 0 aromatic heterocycles. The van der Waals surface area contributed by atoms with Crippen molar-refractivity contribution in [1.82, 2.24) is 5.32 Å². The number of amides is 1. The van der Waals surface area contributed by atoms with Crippen molar-refractivity contribution in [3.05, 3.63) is 35.9 Å². The van der Waals surface area contributed by atoms with Crippen molar-refractivity contribution in [1.29, 1.82) is 0 Å². The molecular weight excluding hydrogens is 306 g/mol. The van der Waals surface area contributed by atoms with Crippen molar-refractivity contribution in [3.8, 4) is 0 Å². The Balaban J connectivity index is 1.61. The molecule has 1 aliphatic carbocycles. The molecule has 0 radical (unpaired) electrons. The third-order valence-corrected chi connectivity index (χ3v) is 4.57. The summed E-state index contributed by atoms with van der Waals surface area (Å²) in [5, 5.41) is 12.2. The first kappa shape index (κ1) is 18.5. The first-order valence-electron chi connectivity index (χ1n) is 8.78. The van der Waals surface area contributed by atoms with Crippen LogP contribution in [0.4, 0.5) is 0 Å². The molecule has 0 spiro atoms. The van der Waals surface area contributed by atoms with Gasteiger partial charge < -0.3 is 15.2 Å². The third-order valence-electron chi connectivity index (χ3n) is 4.57. The number of nitrogens with one attached hydrogen (secondary N) is 1. The quantitative estimate of drug-likeness (QED) is 0.681. The second kappa shape index (κ2) is 9.42. The molecule has 1 saturated carbocycles. The third kappa shape index (κ3) is 5.64. The number of carbonyl (C=O) groups is 2. The molecule has 2 rings (SSSR count). The average Bonchev–Trinajstić information content (AvgIpc) is 2.59. The summed E-state index contributed by atoms with van der Waals surface area (Å²) in [5.74, 6) is -1.10. The van der Waals surface area contributed by atoms with E-state index in [0.29, 0.717) is 38.9 Å². The molecule has 132 valence electrons. The van der Waals surface area contributed by atoms with Gasteiger partial charge in [-0.15, -0.1) is 0 Å². The summed E-state index contributed by atoms with van der Waals surface area (Å²) in [4.78, 5) is 23.6. The molecule has 0 unspecified atom stereocenters. The second-order valence-corrected chi connectivity index (χ2v) is 6.45. The van der Waals surface area contributed by atoms with Crippen LogP contribution in [0.3, 0.4) is 0 Å². The van der Waals surface area contributed by atoms with Gasteiger partial charge in [-0.3, -0.25) is 4.79 Å². The number of carboxylic acids is 1. The Hall–Kier alpha value is -1.88. The summed E-state index contributed by atoms with van der Waals surface area (Å²) in [5.41, 5.74) is 0.180. The monoisotopic (exact) mass is 333 g/mol. The predicted octanol–water partition coefficient (Wildman–Crippen LogP) is 2.93. The van der Waals surface area contributed by atoms with Crippen LogP contribution < -0.4 is 5.32 Å². The molecule has 1 amide bonds. The number of hydrogen-bond donors (Lipinski definition) is 2. The van der Waals surface area contributed by atoms with E-state index < -0.39 is 11.5 Å². The van der Waals surface area contributed by atoms with Crippen molar-refractivity contribution in [3.63, 3.8) is 0 Å². The van der Waals surface area contributed by atoms with E-state index in [2.05, 4.69) is 17.4 Å². The van der Waals surface area contributed by atoms with Crippen molar-refractivity contribution >= 4 is 11.9 Å². The maximum absolute atomic E-state index is 12.0. The Labute approximate surface area is 143 Å². The largest absolute Gasteiger partial charge is 0.480 e. The first-order valence-corrected chi connectivity index (χ1v) is 8.78. The fourth-order valence-electron chi connectivity index (χ4n) is 3.15. The molecular formula is C19H27NO4. The topological polar surface area (TPSA) is 75.6 Å². The lowest BCUT2D eigenvalue weighted by molar-refractivity contribution is -0.149. The van der Waals surface area contributed by atoms with Crippen LogP contribution in [-0.2, 0) is 20.7 Å². The molecule has 1 aromatic carbocycles. The minimum atomic E-state index is -1.05. The van der Waals surface area contributed by atoms with E-state index in [9.17, 15) is 14.7 Å². The summed E-state index contributed by atoms with van der Waals surface area (Å²) in [6, 6.07) is 10.1. The number of hydrogen-bond acceptors (Lipinski definition) is 3. The lowest BCUT2D eigenvalue weighted by atomic mass is 9.81. The zero-order valence-corrected chi connectivity index (χ0v) is 14.1. The Morgan fingerprint density at radius 3 is 2.46 bits per heavy atom. The number of carboxylic acid groups (broad SMARTS) is 1. The standard InChI is InChI=1S/C19H27NO4/c21-17(20-19(18(22)23)12-5-2-6-13-19)10-7-14-24-15-11-16-8-3-1-4-9-16/h1,3-4,8-9H,2,5-7,10-15H2,(H,20,21)(H,22,23). The van der Waals surface area contributed by atoms with Crippen LogP contribution in [0, 0.1) is 0 Å². The highest BCUT2D eigenvalue weighted by Gasteiger charge is 2.40. The maximum atomic E-state index is 12.0. The van der Waals surface area contributed by atoms with Gasteiger partial charge >= 0.3 is 5.97 Å². The highest BCUT2D eigenvalue weighted by molar-refractivity contribution is 5.87. The smallest absolute Gasteiger partial charge is 0.329 e. The number of rotatable bonds is 9. The van der Waals surface area contributed by atoms with E-state index in [1.54, 1.807) is 0 Å². The number of carbonyl (C=O) groups excluding carboxylic acids is 1. The number of aliphatic carboxylic acids is 1. The molecule has 24 heavy (non-hydrogen) atoms. The lowest BCUT2D eigenvalue weighted by Gasteiger charge is -2.34. The van der Waals surface area contributed by atoms with E-state index in [-0.39, 0.29) is 5.91 Å².